The lowest BCUT2D eigenvalue weighted by Gasteiger charge is -2.21. The van der Waals surface area contributed by atoms with Crippen molar-refractivity contribution < 1.29 is 23.9 Å². The molecule has 0 aliphatic rings. The summed E-state index contributed by atoms with van der Waals surface area (Å²) in [6.45, 7) is 8.18. The van der Waals surface area contributed by atoms with Gasteiger partial charge >= 0.3 is 6.03 Å². The fourth-order valence-electron chi connectivity index (χ4n) is 2.83. The molecule has 0 spiro atoms. The Kier molecular flexibility index (Phi) is 9.34. The first-order valence-corrected chi connectivity index (χ1v) is 10.5. The van der Waals surface area contributed by atoms with Crippen LogP contribution in [0.5, 0.6) is 11.5 Å². The van der Waals surface area contributed by atoms with Crippen LogP contribution in [0.25, 0.3) is 0 Å². The molecule has 2 aromatic carbocycles. The van der Waals surface area contributed by atoms with E-state index in [1.807, 2.05) is 19.9 Å². The quantitative estimate of drug-likeness (QED) is 0.448. The van der Waals surface area contributed by atoms with Crippen LogP contribution in [0.2, 0.25) is 0 Å². The molecule has 0 aromatic heterocycles. The van der Waals surface area contributed by atoms with Crippen molar-refractivity contribution in [2.45, 2.75) is 33.7 Å². The van der Waals surface area contributed by atoms with Crippen molar-refractivity contribution >= 4 is 29.2 Å². The minimum Gasteiger partial charge on any atom is -0.492 e. The number of hydrogen-bond acceptors (Lipinski definition) is 6. The second kappa shape index (κ2) is 12.2. The average molecular weight is 443 g/mol. The Hall–Kier alpha value is -3.75. The highest BCUT2D eigenvalue weighted by Crippen LogP contribution is 2.37. The molecule has 9 nitrogen and oxygen atoms in total. The number of amides is 4. The van der Waals surface area contributed by atoms with Gasteiger partial charge in [0.2, 0.25) is 5.91 Å². The smallest absolute Gasteiger partial charge is 0.321 e. The van der Waals surface area contributed by atoms with Crippen LogP contribution in [0.15, 0.2) is 42.5 Å². The Morgan fingerprint density at radius 2 is 1.50 bits per heavy atom. The van der Waals surface area contributed by atoms with Gasteiger partial charge in [0, 0.05) is 24.2 Å². The number of rotatable bonds is 10. The lowest BCUT2D eigenvalue weighted by Crippen LogP contribution is -2.45. The van der Waals surface area contributed by atoms with Gasteiger partial charge in [-0.25, -0.2) is 4.79 Å². The molecular weight excluding hydrogens is 412 g/mol. The standard InChI is InChI=1S/C23H30N4O5/c1-5-24-23(30)27-21(28)15(4)25-17-13-20(32-7-3)18(14-19(17)31-6-2)26-22(29)16-11-9-8-10-12-16/h8-15,25H,5-7H2,1-4H3,(H,26,29)(H2,24,27,28,30). The van der Waals surface area contributed by atoms with Crippen LogP contribution >= 0.6 is 0 Å². The number of nitrogens with one attached hydrogen (secondary N) is 4. The van der Waals surface area contributed by atoms with Crippen LogP contribution < -0.4 is 30.7 Å². The highest BCUT2D eigenvalue weighted by Gasteiger charge is 2.20. The third kappa shape index (κ3) is 6.90. The van der Waals surface area contributed by atoms with Crippen molar-refractivity contribution in [3.8, 4) is 11.5 Å². The number of hydrogen-bond donors (Lipinski definition) is 4. The zero-order valence-corrected chi connectivity index (χ0v) is 18.8. The van der Waals surface area contributed by atoms with E-state index in [1.54, 1.807) is 50.2 Å². The second-order valence-electron chi connectivity index (χ2n) is 6.75. The summed E-state index contributed by atoms with van der Waals surface area (Å²) in [7, 11) is 0. The van der Waals surface area contributed by atoms with Crippen molar-refractivity contribution in [2.24, 2.45) is 0 Å². The number of ether oxygens (including phenoxy) is 2. The second-order valence-corrected chi connectivity index (χ2v) is 6.75. The lowest BCUT2D eigenvalue weighted by atomic mass is 10.1. The maximum Gasteiger partial charge on any atom is 0.321 e. The first-order valence-electron chi connectivity index (χ1n) is 10.5. The summed E-state index contributed by atoms with van der Waals surface area (Å²) < 4.78 is 11.4. The molecule has 4 amide bonds. The zero-order chi connectivity index (χ0) is 23.5. The normalized spacial score (nSPS) is 11.1. The third-order valence-corrected chi connectivity index (χ3v) is 4.30. The van der Waals surface area contributed by atoms with E-state index in [1.165, 1.54) is 0 Å². The number of imide groups is 1. The molecule has 2 rings (SSSR count). The van der Waals surface area contributed by atoms with Crippen LogP contribution in [0, 0.1) is 0 Å². The van der Waals surface area contributed by atoms with E-state index in [2.05, 4.69) is 21.3 Å². The van der Waals surface area contributed by atoms with Gasteiger partial charge in [0.25, 0.3) is 5.91 Å². The number of benzene rings is 2. The monoisotopic (exact) mass is 442 g/mol. The molecule has 0 aliphatic heterocycles. The van der Waals surface area contributed by atoms with Crippen LogP contribution in [0.1, 0.15) is 38.1 Å². The summed E-state index contributed by atoms with van der Waals surface area (Å²) in [6, 6.07) is 10.8. The summed E-state index contributed by atoms with van der Waals surface area (Å²) in [5, 5.41) is 10.7. The van der Waals surface area contributed by atoms with Crippen LogP contribution in [-0.2, 0) is 4.79 Å². The molecule has 0 saturated heterocycles. The largest absolute Gasteiger partial charge is 0.492 e. The summed E-state index contributed by atoms with van der Waals surface area (Å²) in [6.07, 6.45) is 0. The van der Waals surface area contributed by atoms with Gasteiger partial charge in [0.05, 0.1) is 24.6 Å². The molecule has 0 heterocycles. The van der Waals surface area contributed by atoms with Gasteiger partial charge in [-0.2, -0.15) is 0 Å². The molecule has 4 N–H and O–H groups in total. The van der Waals surface area contributed by atoms with E-state index in [4.69, 9.17) is 9.47 Å². The van der Waals surface area contributed by atoms with E-state index >= 15 is 0 Å². The SMILES string of the molecule is CCNC(=O)NC(=O)C(C)Nc1cc(OCC)c(NC(=O)c2ccccc2)cc1OCC. The number of carbonyl (C=O) groups excluding carboxylic acids is 3. The number of anilines is 2. The molecule has 0 radical (unpaired) electrons. The minimum atomic E-state index is -0.740. The zero-order valence-electron chi connectivity index (χ0n) is 18.8. The molecule has 2 aromatic rings. The van der Waals surface area contributed by atoms with E-state index in [-0.39, 0.29) is 5.91 Å². The van der Waals surface area contributed by atoms with E-state index in [9.17, 15) is 14.4 Å². The molecule has 9 heteroatoms. The van der Waals surface area contributed by atoms with Gasteiger partial charge in [-0.1, -0.05) is 18.2 Å². The highest BCUT2D eigenvalue weighted by atomic mass is 16.5. The molecule has 172 valence electrons. The molecule has 0 aliphatic carbocycles. The first-order chi connectivity index (χ1) is 15.4. The van der Waals surface area contributed by atoms with E-state index in [0.29, 0.717) is 48.2 Å². The van der Waals surface area contributed by atoms with Gasteiger partial charge in [0.1, 0.15) is 17.5 Å². The topological polar surface area (TPSA) is 118 Å². The minimum absolute atomic E-state index is 0.288. The van der Waals surface area contributed by atoms with E-state index < -0.39 is 18.0 Å². The Balaban J connectivity index is 2.29. The van der Waals surface area contributed by atoms with Gasteiger partial charge in [-0.05, 0) is 39.8 Å². The summed E-state index contributed by atoms with van der Waals surface area (Å²) in [4.78, 5) is 36.6. The Morgan fingerprint density at radius 1 is 0.906 bits per heavy atom. The predicted molar refractivity (Wildman–Crippen MR) is 123 cm³/mol. The molecule has 1 atom stereocenters. The van der Waals surface area contributed by atoms with Crippen molar-refractivity contribution in [3.63, 3.8) is 0 Å². The fraction of sp³-hybridized carbons (Fsp3) is 0.348. The number of carbonyl (C=O) groups is 3. The predicted octanol–water partition coefficient (Wildman–Crippen LogP) is 3.38. The average Bonchev–Trinajstić information content (AvgIpc) is 2.77. The van der Waals surface area contributed by atoms with Crippen LogP contribution in [-0.4, -0.2) is 43.6 Å². The van der Waals surface area contributed by atoms with Crippen molar-refractivity contribution in [1.29, 1.82) is 0 Å². The number of urea groups is 1. The van der Waals surface area contributed by atoms with Gasteiger partial charge in [-0.3, -0.25) is 14.9 Å². The molecule has 0 bridgehead atoms. The molecule has 32 heavy (non-hydrogen) atoms. The lowest BCUT2D eigenvalue weighted by molar-refractivity contribution is -0.120. The van der Waals surface area contributed by atoms with Gasteiger partial charge in [-0.15, -0.1) is 0 Å². The third-order valence-electron chi connectivity index (χ3n) is 4.30. The van der Waals surface area contributed by atoms with Crippen molar-refractivity contribution in [1.82, 2.24) is 10.6 Å². The summed E-state index contributed by atoms with van der Waals surface area (Å²) >= 11 is 0. The Labute approximate surface area is 187 Å². The van der Waals surface area contributed by atoms with Crippen LogP contribution in [0.4, 0.5) is 16.2 Å². The fourth-order valence-corrected chi connectivity index (χ4v) is 2.83. The summed E-state index contributed by atoms with van der Waals surface area (Å²) in [5.74, 6) is 0.0539. The van der Waals surface area contributed by atoms with E-state index in [0.717, 1.165) is 0 Å². The maximum atomic E-state index is 12.6. The van der Waals surface area contributed by atoms with Crippen LogP contribution in [0.3, 0.4) is 0 Å². The maximum absolute atomic E-state index is 12.6. The van der Waals surface area contributed by atoms with Gasteiger partial charge < -0.3 is 25.4 Å². The highest BCUT2D eigenvalue weighted by molar-refractivity contribution is 6.05. The van der Waals surface area contributed by atoms with Crippen molar-refractivity contribution in [3.05, 3.63) is 48.0 Å². The summed E-state index contributed by atoms with van der Waals surface area (Å²) in [5.41, 5.74) is 1.44. The molecular formula is C23H30N4O5. The Morgan fingerprint density at radius 3 is 2.09 bits per heavy atom. The molecule has 0 saturated carbocycles. The van der Waals surface area contributed by atoms with Crippen molar-refractivity contribution in [2.75, 3.05) is 30.4 Å². The van der Waals surface area contributed by atoms with Gasteiger partial charge in [0.15, 0.2) is 0 Å². The molecule has 1 unspecified atom stereocenters. The first kappa shape index (κ1) is 24.5. The Bertz CT molecular complexity index is 933. The molecule has 0 fully saturated rings.